The second-order valence-electron chi connectivity index (χ2n) is 5.39. The quantitative estimate of drug-likeness (QED) is 0.677. The van der Waals surface area contributed by atoms with E-state index < -0.39 is 0 Å². The molecule has 1 aromatic carbocycles. The summed E-state index contributed by atoms with van der Waals surface area (Å²) in [5.74, 6) is 0.244. The summed E-state index contributed by atoms with van der Waals surface area (Å²) < 4.78 is 5.95. The third-order valence-electron chi connectivity index (χ3n) is 4.02. The van der Waals surface area contributed by atoms with Gasteiger partial charge in [0, 0.05) is 24.6 Å². The summed E-state index contributed by atoms with van der Waals surface area (Å²) in [6.45, 7) is 0.673. The van der Waals surface area contributed by atoms with Gasteiger partial charge in [0.15, 0.2) is 10.4 Å². The molecule has 5 heteroatoms. The molecule has 23 heavy (non-hydrogen) atoms. The standard InChI is InChI=1S/C18H13BrN2O2/c19-17-4-3-16(23-17)18(22)21-10-7-14-11-13(1-2-15(14)21)12-5-8-20-9-6-12/h1-6,8-9,11H,7,10H2. The monoisotopic (exact) mass is 368 g/mol. The van der Waals surface area contributed by atoms with Crippen molar-refractivity contribution < 1.29 is 9.21 Å². The van der Waals surface area contributed by atoms with Gasteiger partial charge in [0.05, 0.1) is 0 Å². The van der Waals surface area contributed by atoms with Crippen LogP contribution in [0.4, 0.5) is 5.69 Å². The minimum absolute atomic E-state index is 0.105. The molecule has 0 aliphatic carbocycles. The van der Waals surface area contributed by atoms with E-state index in [9.17, 15) is 4.79 Å². The van der Waals surface area contributed by atoms with Gasteiger partial charge in [-0.1, -0.05) is 6.07 Å². The minimum Gasteiger partial charge on any atom is -0.444 e. The Morgan fingerprint density at radius 1 is 1.09 bits per heavy atom. The van der Waals surface area contributed by atoms with E-state index in [1.807, 2.05) is 24.3 Å². The van der Waals surface area contributed by atoms with Gasteiger partial charge in [0.1, 0.15) is 0 Å². The van der Waals surface area contributed by atoms with Crippen LogP contribution < -0.4 is 4.90 Å². The van der Waals surface area contributed by atoms with Gasteiger partial charge in [-0.25, -0.2) is 0 Å². The van der Waals surface area contributed by atoms with Gasteiger partial charge in [0.2, 0.25) is 0 Å². The van der Waals surface area contributed by atoms with E-state index in [0.717, 1.165) is 23.2 Å². The Morgan fingerprint density at radius 3 is 2.65 bits per heavy atom. The van der Waals surface area contributed by atoms with Crippen molar-refractivity contribution in [3.05, 3.63) is 70.9 Å². The first-order valence-corrected chi connectivity index (χ1v) is 8.12. The van der Waals surface area contributed by atoms with Crippen molar-refractivity contribution in [2.75, 3.05) is 11.4 Å². The van der Waals surface area contributed by atoms with Crippen molar-refractivity contribution in [2.24, 2.45) is 0 Å². The zero-order chi connectivity index (χ0) is 15.8. The molecular weight excluding hydrogens is 356 g/mol. The first kappa shape index (κ1) is 14.2. The number of carbonyl (C=O) groups excluding carboxylic acids is 1. The lowest BCUT2D eigenvalue weighted by Gasteiger charge is -2.16. The largest absolute Gasteiger partial charge is 0.444 e. The van der Waals surface area contributed by atoms with Crippen LogP contribution in [0.1, 0.15) is 16.1 Å². The number of furan rings is 1. The van der Waals surface area contributed by atoms with E-state index in [2.05, 4.69) is 27.0 Å². The predicted molar refractivity (Wildman–Crippen MR) is 91.5 cm³/mol. The highest BCUT2D eigenvalue weighted by Crippen LogP contribution is 2.33. The topological polar surface area (TPSA) is 46.3 Å². The Balaban J connectivity index is 1.66. The average Bonchev–Trinajstić information content (AvgIpc) is 3.20. The molecule has 114 valence electrons. The van der Waals surface area contributed by atoms with Crippen LogP contribution in [-0.2, 0) is 6.42 Å². The number of nitrogens with zero attached hydrogens (tertiary/aromatic N) is 2. The molecular formula is C18H13BrN2O2. The van der Waals surface area contributed by atoms with Crippen molar-refractivity contribution in [3.63, 3.8) is 0 Å². The van der Waals surface area contributed by atoms with Crippen LogP contribution in [0.2, 0.25) is 0 Å². The highest BCUT2D eigenvalue weighted by Gasteiger charge is 2.27. The summed E-state index contributed by atoms with van der Waals surface area (Å²) in [7, 11) is 0. The lowest BCUT2D eigenvalue weighted by molar-refractivity contribution is 0.0961. The molecule has 3 heterocycles. The molecule has 0 saturated carbocycles. The Kier molecular flexibility index (Phi) is 3.50. The lowest BCUT2D eigenvalue weighted by Crippen LogP contribution is -2.28. The molecule has 1 aliphatic heterocycles. The van der Waals surface area contributed by atoms with Crippen molar-refractivity contribution in [1.29, 1.82) is 0 Å². The zero-order valence-electron chi connectivity index (χ0n) is 12.2. The fraction of sp³-hybridized carbons (Fsp3) is 0.111. The van der Waals surface area contributed by atoms with Crippen LogP contribution in [0, 0.1) is 0 Å². The van der Waals surface area contributed by atoms with Crippen molar-refractivity contribution >= 4 is 27.5 Å². The van der Waals surface area contributed by atoms with Crippen molar-refractivity contribution in [2.45, 2.75) is 6.42 Å². The van der Waals surface area contributed by atoms with E-state index in [1.54, 1.807) is 29.4 Å². The predicted octanol–water partition coefficient (Wildman–Crippen LogP) is 4.31. The Bertz CT molecular complexity index is 874. The molecule has 3 aromatic rings. The average molecular weight is 369 g/mol. The van der Waals surface area contributed by atoms with Gasteiger partial charge in [0.25, 0.3) is 5.91 Å². The summed E-state index contributed by atoms with van der Waals surface area (Å²) in [6.07, 6.45) is 4.42. The maximum atomic E-state index is 12.6. The van der Waals surface area contributed by atoms with E-state index >= 15 is 0 Å². The third kappa shape index (κ3) is 2.57. The second-order valence-corrected chi connectivity index (χ2v) is 6.17. The van der Waals surface area contributed by atoms with Crippen LogP contribution in [0.15, 0.2) is 63.9 Å². The fourth-order valence-corrected chi connectivity index (χ4v) is 3.21. The molecule has 0 saturated heterocycles. The van der Waals surface area contributed by atoms with Gasteiger partial charge < -0.3 is 9.32 Å². The maximum Gasteiger partial charge on any atom is 0.294 e. The number of benzene rings is 1. The van der Waals surface area contributed by atoms with Gasteiger partial charge in [-0.05, 0) is 75.4 Å². The first-order chi connectivity index (χ1) is 11.2. The molecule has 4 rings (SSSR count). The Hall–Kier alpha value is -2.40. The molecule has 0 N–H and O–H groups in total. The number of carbonyl (C=O) groups is 1. The van der Waals surface area contributed by atoms with Crippen LogP contribution in [0.3, 0.4) is 0 Å². The lowest BCUT2D eigenvalue weighted by atomic mass is 10.0. The van der Waals surface area contributed by atoms with Gasteiger partial charge >= 0.3 is 0 Å². The van der Waals surface area contributed by atoms with Gasteiger partial charge in [-0.2, -0.15) is 0 Å². The summed E-state index contributed by atoms with van der Waals surface area (Å²) in [5, 5.41) is 0. The summed E-state index contributed by atoms with van der Waals surface area (Å²) in [6, 6.07) is 13.6. The van der Waals surface area contributed by atoms with Crippen LogP contribution in [0.25, 0.3) is 11.1 Å². The summed E-state index contributed by atoms with van der Waals surface area (Å²) in [4.78, 5) is 18.4. The van der Waals surface area contributed by atoms with Crippen LogP contribution in [-0.4, -0.2) is 17.4 Å². The number of hydrogen-bond acceptors (Lipinski definition) is 3. The molecule has 0 unspecified atom stereocenters. The summed E-state index contributed by atoms with van der Waals surface area (Å²) >= 11 is 3.23. The van der Waals surface area contributed by atoms with E-state index in [4.69, 9.17) is 4.42 Å². The number of hydrogen-bond donors (Lipinski definition) is 0. The summed E-state index contributed by atoms with van der Waals surface area (Å²) in [5.41, 5.74) is 4.40. The molecule has 0 atom stereocenters. The number of pyridine rings is 1. The number of fused-ring (bicyclic) bond motifs is 1. The molecule has 0 fully saturated rings. The van der Waals surface area contributed by atoms with Crippen molar-refractivity contribution in [1.82, 2.24) is 4.98 Å². The number of aromatic nitrogens is 1. The van der Waals surface area contributed by atoms with Gasteiger partial charge in [-0.15, -0.1) is 0 Å². The molecule has 4 nitrogen and oxygen atoms in total. The van der Waals surface area contributed by atoms with Crippen LogP contribution >= 0.6 is 15.9 Å². The van der Waals surface area contributed by atoms with E-state index in [-0.39, 0.29) is 5.91 Å². The fourth-order valence-electron chi connectivity index (χ4n) is 2.90. The Morgan fingerprint density at radius 2 is 1.91 bits per heavy atom. The smallest absolute Gasteiger partial charge is 0.294 e. The van der Waals surface area contributed by atoms with E-state index in [1.165, 1.54) is 5.56 Å². The molecule has 1 aliphatic rings. The molecule has 0 bridgehead atoms. The second kappa shape index (κ2) is 5.66. The number of halogens is 1. The maximum absolute atomic E-state index is 12.6. The first-order valence-electron chi connectivity index (χ1n) is 7.33. The number of amides is 1. The molecule has 1 amide bonds. The number of anilines is 1. The van der Waals surface area contributed by atoms with Crippen LogP contribution in [0.5, 0.6) is 0 Å². The highest BCUT2D eigenvalue weighted by molar-refractivity contribution is 9.10. The normalized spacial score (nSPS) is 13.2. The third-order valence-corrected chi connectivity index (χ3v) is 4.44. The number of rotatable bonds is 2. The SMILES string of the molecule is O=C(c1ccc(Br)o1)N1CCc2cc(-c3ccncc3)ccc21. The molecule has 0 radical (unpaired) electrons. The molecule has 2 aromatic heterocycles. The minimum atomic E-state index is -0.105. The zero-order valence-corrected chi connectivity index (χ0v) is 13.8. The van der Waals surface area contributed by atoms with E-state index in [0.29, 0.717) is 17.0 Å². The Labute approximate surface area is 141 Å². The molecule has 0 spiro atoms. The van der Waals surface area contributed by atoms with Crippen molar-refractivity contribution in [3.8, 4) is 11.1 Å². The van der Waals surface area contributed by atoms with Gasteiger partial charge in [-0.3, -0.25) is 9.78 Å². The highest BCUT2D eigenvalue weighted by atomic mass is 79.9.